The van der Waals surface area contributed by atoms with Crippen LogP contribution in [0.2, 0.25) is 5.02 Å². The number of aromatic nitrogens is 3. The number of para-hydroxylation sites is 1. The lowest BCUT2D eigenvalue weighted by Crippen LogP contribution is -2.24. The molecular formula is C24H23ClN4O3S. The van der Waals surface area contributed by atoms with Crippen LogP contribution in [0.4, 0.5) is 0 Å². The Morgan fingerprint density at radius 1 is 1.12 bits per heavy atom. The van der Waals surface area contributed by atoms with Crippen LogP contribution in [-0.4, -0.2) is 27.8 Å². The Balaban J connectivity index is 1.56. The molecule has 0 bridgehead atoms. The zero-order valence-corrected chi connectivity index (χ0v) is 19.8. The summed E-state index contributed by atoms with van der Waals surface area (Å²) in [7, 11) is 1.57. The normalized spacial score (nSPS) is 11.0. The lowest BCUT2D eigenvalue weighted by molar-refractivity contribution is 0.0913. The summed E-state index contributed by atoms with van der Waals surface area (Å²) in [6.07, 6.45) is 0. The van der Waals surface area contributed by atoms with Gasteiger partial charge in [0.15, 0.2) is 16.7 Å². The summed E-state index contributed by atoms with van der Waals surface area (Å²) in [6.45, 7) is 2.52. The quantitative estimate of drug-likeness (QED) is 0.330. The van der Waals surface area contributed by atoms with Crippen molar-refractivity contribution in [3.63, 3.8) is 0 Å². The van der Waals surface area contributed by atoms with E-state index in [9.17, 15) is 4.79 Å². The van der Waals surface area contributed by atoms with Gasteiger partial charge in [-0.05, 0) is 42.3 Å². The zero-order valence-electron chi connectivity index (χ0n) is 18.2. The Morgan fingerprint density at radius 2 is 1.91 bits per heavy atom. The van der Waals surface area contributed by atoms with Crippen LogP contribution < -0.4 is 5.32 Å². The van der Waals surface area contributed by atoms with Gasteiger partial charge >= 0.3 is 0 Å². The highest BCUT2D eigenvalue weighted by atomic mass is 35.5. The Bertz CT molecular complexity index is 1250. The van der Waals surface area contributed by atoms with Crippen molar-refractivity contribution in [2.24, 2.45) is 0 Å². The Kier molecular flexibility index (Phi) is 7.49. The molecule has 1 N–H and O–H groups in total. The Hall–Kier alpha value is -3.07. The number of benzene rings is 2. The summed E-state index contributed by atoms with van der Waals surface area (Å²) < 4.78 is 12.5. The van der Waals surface area contributed by atoms with E-state index < -0.39 is 0 Å². The second kappa shape index (κ2) is 10.7. The first-order valence-corrected chi connectivity index (χ1v) is 11.7. The van der Waals surface area contributed by atoms with Crippen molar-refractivity contribution >= 4 is 29.3 Å². The number of rotatable bonds is 9. The predicted molar refractivity (Wildman–Crippen MR) is 128 cm³/mol. The van der Waals surface area contributed by atoms with E-state index in [4.69, 9.17) is 20.8 Å². The largest absolute Gasteiger partial charge is 0.453 e. The van der Waals surface area contributed by atoms with E-state index in [2.05, 4.69) is 15.5 Å². The fourth-order valence-corrected chi connectivity index (χ4v) is 4.54. The van der Waals surface area contributed by atoms with Gasteiger partial charge in [-0.25, -0.2) is 0 Å². The lowest BCUT2D eigenvalue weighted by Gasteiger charge is -2.13. The summed E-state index contributed by atoms with van der Waals surface area (Å²) in [6, 6.07) is 19.1. The number of halogens is 1. The van der Waals surface area contributed by atoms with Gasteiger partial charge in [0.2, 0.25) is 0 Å². The molecule has 170 valence electrons. The minimum atomic E-state index is -0.332. The fourth-order valence-electron chi connectivity index (χ4n) is 3.29. The first-order valence-electron chi connectivity index (χ1n) is 10.3. The number of amides is 1. The maximum absolute atomic E-state index is 12.6. The summed E-state index contributed by atoms with van der Waals surface area (Å²) in [5, 5.41) is 13.1. The molecule has 0 atom stereocenters. The molecule has 0 unspecified atom stereocenters. The second-order valence-electron chi connectivity index (χ2n) is 7.28. The topological polar surface area (TPSA) is 82.2 Å². The molecule has 4 aromatic rings. The van der Waals surface area contributed by atoms with Crippen molar-refractivity contribution in [3.05, 3.63) is 94.2 Å². The first-order chi connectivity index (χ1) is 16.1. The van der Waals surface area contributed by atoms with E-state index >= 15 is 0 Å². The number of furan rings is 1. The van der Waals surface area contributed by atoms with Crippen molar-refractivity contribution in [1.82, 2.24) is 20.1 Å². The monoisotopic (exact) mass is 482 g/mol. The van der Waals surface area contributed by atoms with Crippen LogP contribution in [0.15, 0.2) is 70.2 Å². The molecule has 0 fully saturated rings. The van der Waals surface area contributed by atoms with Gasteiger partial charge in [-0.1, -0.05) is 59.8 Å². The molecule has 0 saturated heterocycles. The number of hydrogen-bond donors (Lipinski definition) is 1. The van der Waals surface area contributed by atoms with Crippen molar-refractivity contribution < 1.29 is 13.9 Å². The average Bonchev–Trinajstić information content (AvgIpc) is 3.45. The number of methoxy groups -OCH3 is 1. The zero-order chi connectivity index (χ0) is 23.2. The van der Waals surface area contributed by atoms with Gasteiger partial charge in [-0.15, -0.1) is 10.2 Å². The molecular weight excluding hydrogens is 460 g/mol. The number of carbonyl (C=O) groups excluding carboxylic acids is 1. The van der Waals surface area contributed by atoms with Crippen LogP contribution in [0.25, 0.3) is 5.69 Å². The van der Waals surface area contributed by atoms with Crippen LogP contribution in [0.5, 0.6) is 0 Å². The molecule has 33 heavy (non-hydrogen) atoms. The number of carbonyl (C=O) groups is 1. The van der Waals surface area contributed by atoms with Crippen molar-refractivity contribution in [1.29, 1.82) is 0 Å². The van der Waals surface area contributed by atoms with Crippen molar-refractivity contribution in [2.45, 2.75) is 31.0 Å². The third kappa shape index (κ3) is 5.47. The molecule has 2 aromatic heterocycles. The van der Waals surface area contributed by atoms with Crippen LogP contribution in [0, 0.1) is 6.92 Å². The number of hydrogen-bond acceptors (Lipinski definition) is 6. The van der Waals surface area contributed by atoms with Crippen molar-refractivity contribution in [2.75, 3.05) is 7.11 Å². The third-order valence-electron chi connectivity index (χ3n) is 4.95. The number of ether oxygens (including phenoxy) is 1. The fraction of sp³-hybridized carbons (Fsp3) is 0.208. The van der Waals surface area contributed by atoms with E-state index in [1.807, 2.05) is 60.0 Å². The Morgan fingerprint density at radius 3 is 2.70 bits per heavy atom. The summed E-state index contributed by atoms with van der Waals surface area (Å²) in [4.78, 5) is 12.6. The third-order valence-corrected chi connectivity index (χ3v) is 6.30. The van der Waals surface area contributed by atoms with E-state index in [1.54, 1.807) is 19.2 Å². The number of thioether (sulfide) groups is 1. The molecule has 0 aliphatic heterocycles. The molecule has 1 amide bonds. The number of nitrogens with zero attached hydrogens (tertiary/aromatic N) is 3. The smallest absolute Gasteiger partial charge is 0.287 e. The van der Waals surface area contributed by atoms with Gasteiger partial charge in [-0.3, -0.25) is 9.36 Å². The molecule has 4 rings (SSSR count). The highest BCUT2D eigenvalue weighted by Gasteiger charge is 2.18. The average molecular weight is 483 g/mol. The minimum absolute atomic E-state index is 0.188. The Labute approximate surface area is 201 Å². The molecule has 7 nitrogen and oxygen atoms in total. The van der Waals surface area contributed by atoms with Gasteiger partial charge < -0.3 is 14.5 Å². The molecule has 2 heterocycles. The van der Waals surface area contributed by atoms with E-state index in [1.165, 1.54) is 11.8 Å². The maximum atomic E-state index is 12.6. The van der Waals surface area contributed by atoms with Gasteiger partial charge in [0.25, 0.3) is 5.91 Å². The molecule has 0 spiro atoms. The summed E-state index contributed by atoms with van der Waals surface area (Å²) >= 11 is 7.86. The standard InChI is InChI=1S/C24H23ClN4O3S/c1-16-7-3-6-10-20(16)29-22(13-26-23(30)21-12-11-18(32-21)14-31-2)27-28-24(29)33-15-17-8-4-5-9-19(17)25/h3-12H,13-15H2,1-2H3,(H,26,30). The minimum Gasteiger partial charge on any atom is -0.453 e. The second-order valence-corrected chi connectivity index (χ2v) is 8.63. The lowest BCUT2D eigenvalue weighted by atomic mass is 10.2. The van der Waals surface area contributed by atoms with Crippen LogP contribution in [0.1, 0.15) is 33.3 Å². The molecule has 0 saturated carbocycles. The molecule has 0 aliphatic carbocycles. The van der Waals surface area contributed by atoms with Crippen molar-refractivity contribution in [3.8, 4) is 5.69 Å². The summed E-state index contributed by atoms with van der Waals surface area (Å²) in [5.41, 5.74) is 3.04. The van der Waals surface area contributed by atoms with E-state index in [-0.39, 0.29) is 18.2 Å². The van der Waals surface area contributed by atoms with Crippen LogP contribution >= 0.6 is 23.4 Å². The number of nitrogens with one attached hydrogen (secondary N) is 1. The molecule has 0 radical (unpaired) electrons. The molecule has 9 heteroatoms. The summed E-state index contributed by atoms with van der Waals surface area (Å²) in [5.74, 6) is 1.73. The van der Waals surface area contributed by atoms with Gasteiger partial charge in [0.05, 0.1) is 12.2 Å². The van der Waals surface area contributed by atoms with Gasteiger partial charge in [0, 0.05) is 17.9 Å². The maximum Gasteiger partial charge on any atom is 0.287 e. The molecule has 0 aliphatic rings. The first kappa shape index (κ1) is 23.1. The number of aryl methyl sites for hydroxylation is 1. The van der Waals surface area contributed by atoms with E-state index in [0.717, 1.165) is 16.8 Å². The SMILES string of the molecule is COCc1ccc(C(=O)NCc2nnc(SCc3ccccc3Cl)n2-c2ccccc2C)o1. The molecule has 2 aromatic carbocycles. The van der Waals surface area contributed by atoms with Crippen LogP contribution in [0.3, 0.4) is 0 Å². The van der Waals surface area contributed by atoms with Gasteiger partial charge in [-0.2, -0.15) is 0 Å². The van der Waals surface area contributed by atoms with Gasteiger partial charge in [0.1, 0.15) is 12.4 Å². The van der Waals surface area contributed by atoms with Crippen LogP contribution in [-0.2, 0) is 23.6 Å². The highest BCUT2D eigenvalue weighted by Crippen LogP contribution is 2.29. The van der Waals surface area contributed by atoms with E-state index in [0.29, 0.717) is 34.1 Å². The highest BCUT2D eigenvalue weighted by molar-refractivity contribution is 7.98. The predicted octanol–water partition coefficient (Wildman–Crippen LogP) is 5.19.